The molecule has 2 atom stereocenters. The first-order valence-corrected chi connectivity index (χ1v) is 6.73. The van der Waals surface area contributed by atoms with Crippen LogP contribution in [0.2, 0.25) is 0 Å². The van der Waals surface area contributed by atoms with Gasteiger partial charge < -0.3 is 10.5 Å². The van der Waals surface area contributed by atoms with Crippen molar-refractivity contribution in [3.8, 4) is 0 Å². The van der Waals surface area contributed by atoms with E-state index in [0.29, 0.717) is 13.0 Å². The molecule has 0 aromatic carbocycles. The molecule has 0 aliphatic carbocycles. The quantitative estimate of drug-likeness (QED) is 0.675. The molecule has 1 aliphatic heterocycles. The molecule has 0 aromatic rings. The average Bonchev–Trinajstić information content (AvgIpc) is 2.27. The van der Waals surface area contributed by atoms with E-state index in [9.17, 15) is 8.42 Å². The fourth-order valence-corrected chi connectivity index (χ4v) is 3.44. The van der Waals surface area contributed by atoms with Crippen LogP contribution in [0.5, 0.6) is 0 Å². The highest BCUT2D eigenvalue weighted by atomic mass is 32.2. The first kappa shape index (κ1) is 12.8. The summed E-state index contributed by atoms with van der Waals surface area (Å²) in [5.74, 6) is -0.315. The number of hydrogen-bond acceptors (Lipinski definition) is 4. The Labute approximate surface area is 95.4 Å². The highest BCUT2D eigenvalue weighted by Gasteiger charge is 2.40. The van der Waals surface area contributed by atoms with Crippen molar-refractivity contribution in [2.45, 2.75) is 31.9 Å². The van der Waals surface area contributed by atoms with Gasteiger partial charge in [0, 0.05) is 6.61 Å². The monoisotopic (exact) mass is 252 g/mol. The molecule has 1 rings (SSSR count). The molecule has 88 valence electrons. The van der Waals surface area contributed by atoms with Crippen LogP contribution >= 0.6 is 12.2 Å². The molecule has 1 aliphatic rings. The summed E-state index contributed by atoms with van der Waals surface area (Å²) in [5.41, 5.74) is 4.66. The third kappa shape index (κ3) is 3.37. The summed E-state index contributed by atoms with van der Waals surface area (Å²) in [6, 6.07) is 0. The number of thiocarbonyl (C=S) groups is 1. The largest absolute Gasteiger partial charge is 0.392 e. The minimum absolute atomic E-state index is 0.0299. The molecule has 15 heavy (non-hydrogen) atoms. The van der Waals surface area contributed by atoms with Crippen molar-refractivity contribution < 1.29 is 13.2 Å². The van der Waals surface area contributed by atoms with Gasteiger partial charge in [0.15, 0.2) is 0 Å². The van der Waals surface area contributed by atoms with Crippen LogP contribution in [-0.2, 0) is 14.8 Å². The van der Waals surface area contributed by atoms with Gasteiger partial charge in [-0.1, -0.05) is 12.2 Å². The zero-order valence-electron chi connectivity index (χ0n) is 8.82. The molecule has 5 nitrogen and oxygen atoms in total. The summed E-state index contributed by atoms with van der Waals surface area (Å²) in [7, 11) is -3.45. The van der Waals surface area contributed by atoms with Crippen molar-refractivity contribution >= 4 is 27.2 Å². The molecular weight excluding hydrogens is 236 g/mol. The second-order valence-electron chi connectivity index (χ2n) is 4.01. The Kier molecular flexibility index (Phi) is 3.70. The summed E-state index contributed by atoms with van der Waals surface area (Å²) in [6.45, 7) is 4.23. The Morgan fingerprint density at radius 1 is 1.73 bits per heavy atom. The molecule has 2 unspecified atom stereocenters. The average molecular weight is 252 g/mol. The first-order valence-electron chi connectivity index (χ1n) is 4.67. The lowest BCUT2D eigenvalue weighted by Gasteiger charge is -2.28. The summed E-state index contributed by atoms with van der Waals surface area (Å²) in [6.07, 6.45) is 0.517. The molecule has 3 N–H and O–H groups in total. The van der Waals surface area contributed by atoms with Gasteiger partial charge in [-0.05, 0) is 20.3 Å². The van der Waals surface area contributed by atoms with Crippen molar-refractivity contribution in [1.29, 1.82) is 0 Å². The summed E-state index contributed by atoms with van der Waals surface area (Å²) >= 11 is 4.58. The number of ether oxygens (including phenoxy) is 1. The predicted octanol–water partition coefficient (Wildman–Crippen LogP) is -0.241. The molecule has 0 amide bonds. The lowest BCUT2D eigenvalue weighted by molar-refractivity contribution is 0.0958. The van der Waals surface area contributed by atoms with Crippen LogP contribution in [0.4, 0.5) is 0 Å². The maximum absolute atomic E-state index is 11.6. The van der Waals surface area contributed by atoms with Crippen LogP contribution in [-0.4, -0.2) is 37.4 Å². The number of nitrogens with one attached hydrogen (secondary N) is 1. The maximum atomic E-state index is 11.6. The molecule has 0 aromatic heterocycles. The van der Waals surface area contributed by atoms with E-state index in [4.69, 9.17) is 10.5 Å². The van der Waals surface area contributed by atoms with Gasteiger partial charge in [0.05, 0.1) is 16.6 Å². The van der Waals surface area contributed by atoms with Gasteiger partial charge in [-0.2, -0.15) is 0 Å². The normalized spacial score (nSPS) is 31.7. The molecule has 0 saturated carbocycles. The van der Waals surface area contributed by atoms with Gasteiger partial charge in [-0.25, -0.2) is 13.1 Å². The topological polar surface area (TPSA) is 81.4 Å². The Morgan fingerprint density at radius 2 is 2.33 bits per heavy atom. The highest BCUT2D eigenvalue weighted by Crippen LogP contribution is 2.25. The van der Waals surface area contributed by atoms with Gasteiger partial charge in [0.2, 0.25) is 10.0 Å². The van der Waals surface area contributed by atoms with Gasteiger partial charge in [-0.15, -0.1) is 0 Å². The van der Waals surface area contributed by atoms with E-state index in [1.165, 1.54) is 0 Å². The van der Waals surface area contributed by atoms with Crippen molar-refractivity contribution in [3.63, 3.8) is 0 Å². The van der Waals surface area contributed by atoms with E-state index in [-0.39, 0.29) is 16.8 Å². The highest BCUT2D eigenvalue weighted by molar-refractivity contribution is 7.92. The maximum Gasteiger partial charge on any atom is 0.218 e. The van der Waals surface area contributed by atoms with Gasteiger partial charge in [-0.3, -0.25) is 0 Å². The van der Waals surface area contributed by atoms with Crippen LogP contribution < -0.4 is 10.5 Å². The van der Waals surface area contributed by atoms with Crippen LogP contribution in [0.3, 0.4) is 0 Å². The number of nitrogens with two attached hydrogens (primary N) is 1. The summed E-state index contributed by atoms with van der Waals surface area (Å²) in [4.78, 5) is -0.0299. The number of rotatable bonds is 4. The lowest BCUT2D eigenvalue weighted by atomic mass is 9.97. The molecule has 1 fully saturated rings. The third-order valence-corrected chi connectivity index (χ3v) is 4.40. The first-order chi connectivity index (χ1) is 6.75. The van der Waals surface area contributed by atoms with Crippen LogP contribution in [0.15, 0.2) is 0 Å². The van der Waals surface area contributed by atoms with Crippen LogP contribution in [0.1, 0.15) is 20.3 Å². The fourth-order valence-electron chi connectivity index (χ4n) is 1.55. The molecule has 7 heteroatoms. The Balaban J connectivity index is 2.72. The summed E-state index contributed by atoms with van der Waals surface area (Å²) < 4.78 is 31.1. The van der Waals surface area contributed by atoms with E-state index < -0.39 is 15.6 Å². The third-order valence-electron chi connectivity index (χ3n) is 2.61. The minimum atomic E-state index is -3.45. The molecule has 0 radical (unpaired) electrons. The van der Waals surface area contributed by atoms with E-state index in [1.54, 1.807) is 0 Å². The van der Waals surface area contributed by atoms with Crippen LogP contribution in [0, 0.1) is 0 Å². The molecule has 1 saturated heterocycles. The van der Waals surface area contributed by atoms with E-state index in [0.717, 1.165) is 0 Å². The van der Waals surface area contributed by atoms with Crippen molar-refractivity contribution in [1.82, 2.24) is 4.72 Å². The zero-order valence-corrected chi connectivity index (χ0v) is 10.5. The van der Waals surface area contributed by atoms with Gasteiger partial charge >= 0.3 is 0 Å². The Morgan fingerprint density at radius 3 is 2.73 bits per heavy atom. The van der Waals surface area contributed by atoms with Gasteiger partial charge in [0.1, 0.15) is 5.75 Å². The second kappa shape index (κ2) is 4.32. The molecule has 0 bridgehead atoms. The lowest BCUT2D eigenvalue weighted by Crippen LogP contribution is -2.52. The molecule has 0 spiro atoms. The minimum Gasteiger partial charge on any atom is -0.392 e. The predicted molar refractivity (Wildman–Crippen MR) is 62.1 cm³/mol. The number of hydrogen-bond donors (Lipinski definition) is 2. The Hall–Kier alpha value is -0.240. The molecule has 1 heterocycles. The van der Waals surface area contributed by atoms with Gasteiger partial charge in [0.25, 0.3) is 0 Å². The smallest absolute Gasteiger partial charge is 0.218 e. The van der Waals surface area contributed by atoms with Crippen molar-refractivity contribution in [2.75, 3.05) is 12.4 Å². The SMILES string of the molecule is CC1OCCC1(C)NS(=O)(=O)CC(N)=S. The van der Waals surface area contributed by atoms with Crippen LogP contribution in [0.25, 0.3) is 0 Å². The zero-order chi connectivity index (χ0) is 11.7. The number of sulfonamides is 1. The van der Waals surface area contributed by atoms with E-state index >= 15 is 0 Å². The standard InChI is InChI=1S/C8H16N2O3S2/c1-6-8(2,3-4-13-6)10-15(11,12)5-7(9)14/h6,10H,3-5H2,1-2H3,(H2,9,14). The van der Waals surface area contributed by atoms with E-state index in [2.05, 4.69) is 16.9 Å². The van der Waals surface area contributed by atoms with E-state index in [1.807, 2.05) is 13.8 Å². The second-order valence-corrected chi connectivity index (χ2v) is 6.25. The summed E-state index contributed by atoms with van der Waals surface area (Å²) in [5, 5.41) is 0. The Bertz CT molecular complexity index is 355. The molecular formula is C8H16N2O3S2. The fraction of sp³-hybridized carbons (Fsp3) is 0.875. The van der Waals surface area contributed by atoms with Crippen molar-refractivity contribution in [2.24, 2.45) is 5.73 Å². The van der Waals surface area contributed by atoms with Crippen molar-refractivity contribution in [3.05, 3.63) is 0 Å².